The van der Waals surface area contributed by atoms with E-state index in [1.807, 2.05) is 19.1 Å². The van der Waals surface area contributed by atoms with Gasteiger partial charge in [-0.3, -0.25) is 4.79 Å². The van der Waals surface area contributed by atoms with Crippen molar-refractivity contribution in [3.63, 3.8) is 0 Å². The molecule has 1 amide bonds. The first-order valence-corrected chi connectivity index (χ1v) is 6.33. The second-order valence-electron chi connectivity index (χ2n) is 4.38. The van der Waals surface area contributed by atoms with Gasteiger partial charge in [0.2, 0.25) is 5.91 Å². The molecule has 100 valence electrons. The number of phenols is 1. The van der Waals surface area contributed by atoms with Crippen molar-refractivity contribution >= 4 is 5.91 Å². The molecule has 0 spiro atoms. The first-order chi connectivity index (χ1) is 8.67. The van der Waals surface area contributed by atoms with Gasteiger partial charge >= 0.3 is 0 Å². The highest BCUT2D eigenvalue weighted by molar-refractivity contribution is 5.78. The molecule has 1 aromatic carbocycles. The number of benzene rings is 1. The van der Waals surface area contributed by atoms with Gasteiger partial charge in [-0.25, -0.2) is 0 Å². The fraction of sp³-hybridized carbons (Fsp3) is 0.500. The van der Waals surface area contributed by atoms with Crippen LogP contribution in [0.15, 0.2) is 24.3 Å². The van der Waals surface area contributed by atoms with Crippen molar-refractivity contribution in [3.8, 4) is 5.75 Å². The smallest absolute Gasteiger partial charge is 0.225 e. The number of hydrogen-bond donors (Lipinski definition) is 3. The average molecular weight is 251 g/mol. The van der Waals surface area contributed by atoms with E-state index in [0.29, 0.717) is 13.0 Å². The number of carbonyl (C=O) groups is 1. The lowest BCUT2D eigenvalue weighted by Gasteiger charge is -2.13. The number of amides is 1. The molecule has 1 atom stereocenters. The van der Waals surface area contributed by atoms with Crippen molar-refractivity contribution in [1.82, 2.24) is 5.32 Å². The molecule has 1 aromatic rings. The second kappa shape index (κ2) is 7.71. The topological polar surface area (TPSA) is 69.6 Å². The van der Waals surface area contributed by atoms with Crippen molar-refractivity contribution in [1.29, 1.82) is 0 Å². The summed E-state index contributed by atoms with van der Waals surface area (Å²) in [6.07, 6.45) is 2.31. The Balaban J connectivity index is 2.32. The third kappa shape index (κ3) is 4.75. The average Bonchev–Trinajstić information content (AvgIpc) is 2.38. The number of nitrogens with one attached hydrogen (secondary N) is 1. The van der Waals surface area contributed by atoms with Crippen LogP contribution in [0.25, 0.3) is 0 Å². The zero-order valence-electron chi connectivity index (χ0n) is 10.7. The molecule has 0 aromatic heterocycles. The highest BCUT2D eigenvalue weighted by Gasteiger charge is 2.15. The standard InChI is InChI=1S/C14H21NO3/c1-2-3-12(10-16)14(18)15-9-8-11-4-6-13(17)7-5-11/h4-7,12,16-17H,2-3,8-10H2,1H3,(H,15,18). The second-order valence-corrected chi connectivity index (χ2v) is 4.38. The maximum atomic E-state index is 11.7. The third-order valence-electron chi connectivity index (χ3n) is 2.88. The van der Waals surface area contributed by atoms with Crippen molar-refractivity contribution in [2.45, 2.75) is 26.2 Å². The molecule has 0 heterocycles. The van der Waals surface area contributed by atoms with E-state index in [1.165, 1.54) is 0 Å². The van der Waals surface area contributed by atoms with Crippen LogP contribution in [0.4, 0.5) is 0 Å². The predicted octanol–water partition coefficient (Wildman–Crippen LogP) is 1.46. The predicted molar refractivity (Wildman–Crippen MR) is 70.3 cm³/mol. The number of aliphatic hydroxyl groups excluding tert-OH is 1. The molecule has 18 heavy (non-hydrogen) atoms. The SMILES string of the molecule is CCCC(CO)C(=O)NCCc1ccc(O)cc1. The number of hydrogen-bond acceptors (Lipinski definition) is 3. The summed E-state index contributed by atoms with van der Waals surface area (Å²) < 4.78 is 0. The first kappa shape index (κ1) is 14.5. The van der Waals surface area contributed by atoms with Crippen LogP contribution < -0.4 is 5.32 Å². The van der Waals surface area contributed by atoms with Crippen LogP contribution in [0.3, 0.4) is 0 Å². The monoisotopic (exact) mass is 251 g/mol. The van der Waals surface area contributed by atoms with Crippen LogP contribution in [0.5, 0.6) is 5.75 Å². The molecule has 4 heteroatoms. The molecule has 0 radical (unpaired) electrons. The van der Waals surface area contributed by atoms with E-state index in [1.54, 1.807) is 12.1 Å². The Bertz CT molecular complexity index is 362. The van der Waals surface area contributed by atoms with Gasteiger partial charge < -0.3 is 15.5 Å². The van der Waals surface area contributed by atoms with Crippen LogP contribution in [0.2, 0.25) is 0 Å². The van der Waals surface area contributed by atoms with Crippen LogP contribution >= 0.6 is 0 Å². The molecule has 0 saturated heterocycles. The summed E-state index contributed by atoms with van der Waals surface area (Å²) in [6, 6.07) is 6.92. The summed E-state index contributed by atoms with van der Waals surface area (Å²) in [7, 11) is 0. The number of aliphatic hydroxyl groups is 1. The largest absolute Gasteiger partial charge is 0.508 e. The zero-order chi connectivity index (χ0) is 13.4. The van der Waals surface area contributed by atoms with Crippen molar-refractivity contribution in [3.05, 3.63) is 29.8 Å². The third-order valence-corrected chi connectivity index (χ3v) is 2.88. The van der Waals surface area contributed by atoms with E-state index < -0.39 is 0 Å². The van der Waals surface area contributed by atoms with Gasteiger partial charge in [-0.15, -0.1) is 0 Å². The van der Waals surface area contributed by atoms with Gasteiger partial charge in [-0.05, 0) is 30.5 Å². The Morgan fingerprint density at radius 2 is 2.00 bits per heavy atom. The lowest BCUT2D eigenvalue weighted by atomic mass is 10.0. The Hall–Kier alpha value is -1.55. The molecule has 1 unspecified atom stereocenters. The Morgan fingerprint density at radius 1 is 1.33 bits per heavy atom. The summed E-state index contributed by atoms with van der Waals surface area (Å²) >= 11 is 0. The summed E-state index contributed by atoms with van der Waals surface area (Å²) in [5.74, 6) is -0.140. The number of rotatable bonds is 7. The van der Waals surface area contributed by atoms with E-state index >= 15 is 0 Å². The van der Waals surface area contributed by atoms with Gasteiger partial charge in [0.1, 0.15) is 5.75 Å². The number of phenolic OH excluding ortho intramolecular Hbond substituents is 1. The zero-order valence-corrected chi connectivity index (χ0v) is 10.7. The molecular formula is C14H21NO3. The van der Waals surface area contributed by atoms with Crippen LogP contribution in [-0.4, -0.2) is 29.3 Å². The summed E-state index contributed by atoms with van der Waals surface area (Å²) in [5.41, 5.74) is 1.06. The molecule has 1 rings (SSSR count). The Kier molecular flexibility index (Phi) is 6.22. The summed E-state index contributed by atoms with van der Waals surface area (Å²) in [4.78, 5) is 11.7. The maximum absolute atomic E-state index is 11.7. The van der Waals surface area contributed by atoms with Gasteiger partial charge in [0.05, 0.1) is 12.5 Å². The van der Waals surface area contributed by atoms with Crippen molar-refractivity contribution < 1.29 is 15.0 Å². The quantitative estimate of drug-likeness (QED) is 0.687. The number of carbonyl (C=O) groups excluding carboxylic acids is 1. The van der Waals surface area contributed by atoms with Gasteiger partial charge in [0.25, 0.3) is 0 Å². The summed E-state index contributed by atoms with van der Waals surface area (Å²) in [5, 5.41) is 21.0. The van der Waals surface area contributed by atoms with E-state index in [4.69, 9.17) is 10.2 Å². The molecular weight excluding hydrogens is 230 g/mol. The molecule has 0 bridgehead atoms. The highest BCUT2D eigenvalue weighted by atomic mass is 16.3. The van der Waals surface area contributed by atoms with E-state index in [9.17, 15) is 4.79 Å². The lowest BCUT2D eigenvalue weighted by Crippen LogP contribution is -2.34. The molecule has 0 aliphatic rings. The highest BCUT2D eigenvalue weighted by Crippen LogP contribution is 2.10. The van der Waals surface area contributed by atoms with Gasteiger partial charge in [-0.2, -0.15) is 0 Å². The maximum Gasteiger partial charge on any atom is 0.225 e. The minimum absolute atomic E-state index is 0.0851. The number of aromatic hydroxyl groups is 1. The molecule has 0 saturated carbocycles. The minimum atomic E-state index is -0.296. The first-order valence-electron chi connectivity index (χ1n) is 6.33. The fourth-order valence-corrected chi connectivity index (χ4v) is 1.79. The molecule has 3 N–H and O–H groups in total. The molecule has 0 aliphatic heterocycles. The Morgan fingerprint density at radius 3 is 2.56 bits per heavy atom. The van der Waals surface area contributed by atoms with E-state index in [-0.39, 0.29) is 24.2 Å². The minimum Gasteiger partial charge on any atom is -0.508 e. The van der Waals surface area contributed by atoms with Gasteiger partial charge in [0.15, 0.2) is 0 Å². The Labute approximate surface area is 108 Å². The van der Waals surface area contributed by atoms with Crippen LogP contribution in [0, 0.1) is 5.92 Å². The van der Waals surface area contributed by atoms with Crippen molar-refractivity contribution in [2.75, 3.05) is 13.2 Å². The lowest BCUT2D eigenvalue weighted by molar-refractivity contribution is -0.126. The molecule has 0 fully saturated rings. The van der Waals surface area contributed by atoms with Gasteiger partial charge in [-0.1, -0.05) is 25.5 Å². The molecule has 4 nitrogen and oxygen atoms in total. The van der Waals surface area contributed by atoms with E-state index in [2.05, 4.69) is 5.32 Å². The van der Waals surface area contributed by atoms with Crippen LogP contribution in [0.1, 0.15) is 25.3 Å². The van der Waals surface area contributed by atoms with Crippen LogP contribution in [-0.2, 0) is 11.2 Å². The van der Waals surface area contributed by atoms with Crippen molar-refractivity contribution in [2.24, 2.45) is 5.92 Å². The van der Waals surface area contributed by atoms with E-state index in [0.717, 1.165) is 18.4 Å². The van der Waals surface area contributed by atoms with Gasteiger partial charge in [0, 0.05) is 6.54 Å². The fourth-order valence-electron chi connectivity index (χ4n) is 1.79. The normalized spacial score (nSPS) is 12.1. The molecule has 0 aliphatic carbocycles. The summed E-state index contributed by atoms with van der Waals surface area (Å²) in [6.45, 7) is 2.44.